The molecule has 1 aliphatic heterocycles. The van der Waals surface area contributed by atoms with Crippen LogP contribution in [0.3, 0.4) is 0 Å². The maximum absolute atomic E-state index is 12.7. The number of nitrogens with one attached hydrogen (secondary N) is 1. The number of fused-ring (bicyclic) bond motifs is 1. The number of aromatic nitrogens is 4. The third-order valence-corrected chi connectivity index (χ3v) is 4.87. The van der Waals surface area contributed by atoms with Crippen LogP contribution in [0.1, 0.15) is 11.4 Å². The van der Waals surface area contributed by atoms with E-state index in [4.69, 9.17) is 0 Å². The second-order valence-corrected chi connectivity index (χ2v) is 6.51. The van der Waals surface area contributed by atoms with Crippen LogP contribution in [0.2, 0.25) is 0 Å². The molecule has 0 unspecified atom stereocenters. The van der Waals surface area contributed by atoms with Gasteiger partial charge >= 0.3 is 0 Å². The number of nitrogens with zero attached hydrogens (tertiary/aromatic N) is 5. The van der Waals surface area contributed by atoms with E-state index in [1.54, 1.807) is 6.33 Å². The summed E-state index contributed by atoms with van der Waals surface area (Å²) in [4.78, 5) is 21.3. The minimum atomic E-state index is 0.142. The Morgan fingerprint density at radius 2 is 1.92 bits per heavy atom. The van der Waals surface area contributed by atoms with Gasteiger partial charge in [0.25, 0.3) is 0 Å². The maximum Gasteiger partial charge on any atom is 0.242 e. The minimum absolute atomic E-state index is 0.142. The summed E-state index contributed by atoms with van der Waals surface area (Å²) in [7, 11) is 0. The number of H-pyrrole nitrogens is 1. The molecular formula is C18H22N6O. The second-order valence-electron chi connectivity index (χ2n) is 6.51. The van der Waals surface area contributed by atoms with Gasteiger partial charge in [0.1, 0.15) is 6.54 Å². The first-order chi connectivity index (χ1) is 12.1. The van der Waals surface area contributed by atoms with Crippen LogP contribution in [0.4, 0.5) is 5.69 Å². The van der Waals surface area contributed by atoms with Crippen LogP contribution in [0.15, 0.2) is 30.6 Å². The third kappa shape index (κ3) is 2.86. The fourth-order valence-corrected chi connectivity index (χ4v) is 3.57. The number of aryl methyl sites for hydroxylation is 2. The lowest BCUT2D eigenvalue weighted by Gasteiger charge is -2.36. The summed E-state index contributed by atoms with van der Waals surface area (Å²) in [6, 6.07) is 7.89. The first kappa shape index (κ1) is 15.7. The van der Waals surface area contributed by atoms with Gasteiger partial charge in [0.2, 0.25) is 5.91 Å². The number of hydrogen-bond donors (Lipinski definition) is 1. The highest BCUT2D eigenvalue weighted by atomic mass is 16.2. The zero-order valence-corrected chi connectivity index (χ0v) is 14.6. The second kappa shape index (κ2) is 6.23. The van der Waals surface area contributed by atoms with Crippen molar-refractivity contribution in [2.45, 2.75) is 20.4 Å². The molecular weight excluding hydrogens is 316 g/mol. The van der Waals surface area contributed by atoms with Crippen LogP contribution in [-0.4, -0.2) is 56.7 Å². The number of benzene rings is 1. The van der Waals surface area contributed by atoms with E-state index in [0.29, 0.717) is 6.54 Å². The highest BCUT2D eigenvalue weighted by Gasteiger charge is 2.24. The van der Waals surface area contributed by atoms with Gasteiger partial charge in [0.05, 0.1) is 34.4 Å². The van der Waals surface area contributed by atoms with Crippen molar-refractivity contribution in [2.24, 2.45) is 0 Å². The minimum Gasteiger partial charge on any atom is -0.365 e. The Kier molecular flexibility index (Phi) is 3.91. The van der Waals surface area contributed by atoms with E-state index in [1.807, 2.05) is 47.6 Å². The van der Waals surface area contributed by atoms with Gasteiger partial charge in [0.15, 0.2) is 0 Å². The zero-order valence-electron chi connectivity index (χ0n) is 14.6. The number of hydrogen-bond acceptors (Lipinski definition) is 4. The molecule has 1 saturated heterocycles. The molecule has 1 aromatic carbocycles. The van der Waals surface area contributed by atoms with E-state index in [-0.39, 0.29) is 5.91 Å². The number of imidazole rings is 1. The third-order valence-electron chi connectivity index (χ3n) is 4.87. The van der Waals surface area contributed by atoms with Gasteiger partial charge in [-0.25, -0.2) is 4.98 Å². The molecule has 25 heavy (non-hydrogen) atoms. The van der Waals surface area contributed by atoms with Crippen LogP contribution in [0.5, 0.6) is 0 Å². The number of rotatable bonds is 3. The molecule has 130 valence electrons. The van der Waals surface area contributed by atoms with Gasteiger partial charge in [-0.1, -0.05) is 12.1 Å². The molecule has 1 amide bonds. The molecule has 3 aromatic rings. The van der Waals surface area contributed by atoms with E-state index in [2.05, 4.69) is 20.1 Å². The molecule has 0 radical (unpaired) electrons. The van der Waals surface area contributed by atoms with E-state index >= 15 is 0 Å². The van der Waals surface area contributed by atoms with Crippen molar-refractivity contribution in [1.29, 1.82) is 0 Å². The lowest BCUT2D eigenvalue weighted by Crippen LogP contribution is -2.49. The molecule has 1 fully saturated rings. The Bertz CT molecular complexity index is 884. The molecule has 7 nitrogen and oxygen atoms in total. The average Bonchev–Trinajstić information content (AvgIpc) is 3.19. The molecule has 1 aliphatic rings. The maximum atomic E-state index is 12.7. The molecule has 2 aromatic heterocycles. The summed E-state index contributed by atoms with van der Waals surface area (Å²) in [5.74, 6) is 0.142. The number of para-hydroxylation sites is 2. The first-order valence-electron chi connectivity index (χ1n) is 8.57. The highest BCUT2D eigenvalue weighted by Crippen LogP contribution is 2.23. The smallest absolute Gasteiger partial charge is 0.242 e. The first-order valence-corrected chi connectivity index (χ1v) is 8.57. The van der Waals surface area contributed by atoms with Crippen molar-refractivity contribution in [3.63, 3.8) is 0 Å². The molecule has 4 rings (SSSR count). The summed E-state index contributed by atoms with van der Waals surface area (Å²) < 4.78 is 1.93. The Hall–Kier alpha value is -2.83. The molecule has 0 bridgehead atoms. The van der Waals surface area contributed by atoms with Crippen LogP contribution in [0, 0.1) is 13.8 Å². The summed E-state index contributed by atoms with van der Waals surface area (Å²) in [6.45, 7) is 7.52. The number of aromatic amines is 1. The van der Waals surface area contributed by atoms with Gasteiger partial charge in [-0.3, -0.25) is 9.89 Å². The lowest BCUT2D eigenvalue weighted by molar-refractivity contribution is -0.132. The van der Waals surface area contributed by atoms with Gasteiger partial charge in [-0.2, -0.15) is 5.10 Å². The van der Waals surface area contributed by atoms with E-state index in [1.165, 1.54) is 5.69 Å². The van der Waals surface area contributed by atoms with Crippen LogP contribution in [0.25, 0.3) is 11.0 Å². The van der Waals surface area contributed by atoms with Gasteiger partial charge in [-0.15, -0.1) is 0 Å². The fraction of sp³-hybridized carbons (Fsp3) is 0.389. The van der Waals surface area contributed by atoms with Crippen LogP contribution < -0.4 is 4.90 Å². The summed E-state index contributed by atoms with van der Waals surface area (Å²) in [5.41, 5.74) is 5.20. The van der Waals surface area contributed by atoms with Crippen LogP contribution >= 0.6 is 0 Å². The van der Waals surface area contributed by atoms with Gasteiger partial charge < -0.3 is 14.4 Å². The standard InChI is InChI=1S/C18H22N6O/c1-13-18(14(2)21-20-13)23-9-7-22(8-10-23)17(25)11-24-12-19-15-5-3-4-6-16(15)24/h3-6,12H,7-11H2,1-2H3,(H,20,21). The quantitative estimate of drug-likeness (QED) is 0.789. The van der Waals surface area contributed by atoms with Crippen molar-refractivity contribution >= 4 is 22.6 Å². The lowest BCUT2D eigenvalue weighted by atomic mass is 10.2. The Morgan fingerprint density at radius 1 is 1.16 bits per heavy atom. The van der Waals surface area contributed by atoms with E-state index < -0.39 is 0 Å². The van der Waals surface area contributed by atoms with Gasteiger partial charge in [-0.05, 0) is 26.0 Å². The highest BCUT2D eigenvalue weighted by molar-refractivity contribution is 5.80. The predicted molar refractivity (Wildman–Crippen MR) is 96.6 cm³/mol. The van der Waals surface area contributed by atoms with Gasteiger partial charge in [0, 0.05) is 26.2 Å². The van der Waals surface area contributed by atoms with Crippen molar-refractivity contribution in [3.05, 3.63) is 42.0 Å². The number of amides is 1. The summed E-state index contributed by atoms with van der Waals surface area (Å²) >= 11 is 0. The normalized spacial score (nSPS) is 15.1. The molecule has 3 heterocycles. The number of anilines is 1. The number of piperazine rings is 1. The summed E-state index contributed by atoms with van der Waals surface area (Å²) in [5, 5.41) is 7.30. The topological polar surface area (TPSA) is 70.1 Å². The molecule has 7 heteroatoms. The van der Waals surface area contributed by atoms with Crippen molar-refractivity contribution < 1.29 is 4.79 Å². The molecule has 1 N–H and O–H groups in total. The SMILES string of the molecule is Cc1n[nH]c(C)c1N1CCN(C(=O)Cn2cnc3ccccc32)CC1. The molecule has 0 saturated carbocycles. The molecule has 0 atom stereocenters. The van der Waals surface area contributed by atoms with Crippen molar-refractivity contribution in [3.8, 4) is 0 Å². The Morgan fingerprint density at radius 3 is 2.64 bits per heavy atom. The number of carbonyl (C=O) groups is 1. The van der Waals surface area contributed by atoms with E-state index in [9.17, 15) is 4.79 Å². The predicted octanol–water partition coefficient (Wildman–Crippen LogP) is 1.73. The monoisotopic (exact) mass is 338 g/mol. The fourth-order valence-electron chi connectivity index (χ4n) is 3.57. The molecule has 0 spiro atoms. The van der Waals surface area contributed by atoms with Crippen LogP contribution in [-0.2, 0) is 11.3 Å². The van der Waals surface area contributed by atoms with E-state index in [0.717, 1.165) is 48.6 Å². The average molecular weight is 338 g/mol. The van der Waals surface area contributed by atoms with Crippen molar-refractivity contribution in [2.75, 3.05) is 31.1 Å². The zero-order chi connectivity index (χ0) is 17.4. The Balaban J connectivity index is 1.41. The molecule has 0 aliphatic carbocycles. The summed E-state index contributed by atoms with van der Waals surface area (Å²) in [6.07, 6.45) is 1.75. The van der Waals surface area contributed by atoms with Crippen molar-refractivity contribution in [1.82, 2.24) is 24.6 Å². The number of carbonyl (C=O) groups excluding carboxylic acids is 1. The Labute approximate surface area is 146 Å². The largest absolute Gasteiger partial charge is 0.365 e.